The maximum Gasteiger partial charge on any atom is 0.276 e. The smallest absolute Gasteiger partial charge is 0.276 e. The van der Waals surface area contributed by atoms with Gasteiger partial charge in [-0.05, 0) is 55.0 Å². The van der Waals surface area contributed by atoms with Crippen molar-refractivity contribution in [3.63, 3.8) is 0 Å². The highest BCUT2D eigenvalue weighted by Gasteiger charge is 2.27. The van der Waals surface area contributed by atoms with Crippen molar-refractivity contribution in [3.05, 3.63) is 53.0 Å². The van der Waals surface area contributed by atoms with Gasteiger partial charge in [0.1, 0.15) is 0 Å². The second-order valence-electron chi connectivity index (χ2n) is 7.04. The number of carbonyl (C=O) groups is 1. The molecule has 0 aliphatic carbocycles. The lowest BCUT2D eigenvalue weighted by atomic mass is 10.2. The van der Waals surface area contributed by atoms with E-state index in [4.69, 9.17) is 0 Å². The number of anilines is 1. The Bertz CT molecular complexity index is 1110. The monoisotopic (exact) mass is 430 g/mol. The first-order valence-electron chi connectivity index (χ1n) is 9.46. The van der Waals surface area contributed by atoms with Crippen molar-refractivity contribution < 1.29 is 13.2 Å². The SMILES string of the molecule is Cc1ccc(NC(=O)c2cc(-c3cccs3)[nH]n2)cc1S(=O)(=O)N1CCCCC1. The van der Waals surface area contributed by atoms with Crippen molar-refractivity contribution in [3.8, 4) is 10.6 Å². The zero-order valence-corrected chi connectivity index (χ0v) is 17.6. The second kappa shape index (κ2) is 8.10. The van der Waals surface area contributed by atoms with Crippen LogP contribution in [0, 0.1) is 6.92 Å². The van der Waals surface area contributed by atoms with Crippen molar-refractivity contribution in [2.75, 3.05) is 18.4 Å². The lowest BCUT2D eigenvalue weighted by molar-refractivity contribution is 0.102. The summed E-state index contributed by atoms with van der Waals surface area (Å²) in [7, 11) is -3.58. The first kappa shape index (κ1) is 19.8. The van der Waals surface area contributed by atoms with Crippen LogP contribution in [0.5, 0.6) is 0 Å². The Kier molecular flexibility index (Phi) is 5.53. The standard InChI is InChI=1S/C20H22N4O3S2/c1-14-7-8-15(12-19(14)29(26,27)24-9-3-2-4-10-24)21-20(25)17-13-16(22-23-17)18-6-5-11-28-18/h5-8,11-13H,2-4,9-10H2,1H3,(H,21,25)(H,22,23). The van der Waals surface area contributed by atoms with E-state index in [0.29, 0.717) is 24.3 Å². The molecule has 1 saturated heterocycles. The van der Waals surface area contributed by atoms with Gasteiger partial charge >= 0.3 is 0 Å². The van der Waals surface area contributed by atoms with Gasteiger partial charge in [0.25, 0.3) is 5.91 Å². The second-order valence-corrected chi connectivity index (χ2v) is 9.90. The van der Waals surface area contributed by atoms with Crippen LogP contribution in [-0.4, -0.2) is 41.9 Å². The van der Waals surface area contributed by atoms with Gasteiger partial charge in [-0.25, -0.2) is 8.42 Å². The van der Waals surface area contributed by atoms with Crippen LogP contribution in [0.1, 0.15) is 35.3 Å². The van der Waals surface area contributed by atoms with E-state index in [1.54, 1.807) is 36.5 Å². The van der Waals surface area contributed by atoms with Gasteiger partial charge < -0.3 is 5.32 Å². The fraction of sp³-hybridized carbons (Fsp3) is 0.300. The van der Waals surface area contributed by atoms with Crippen LogP contribution in [0.4, 0.5) is 5.69 Å². The van der Waals surface area contributed by atoms with E-state index in [2.05, 4.69) is 15.5 Å². The molecule has 1 fully saturated rings. The summed E-state index contributed by atoms with van der Waals surface area (Å²) in [4.78, 5) is 13.8. The van der Waals surface area contributed by atoms with Crippen LogP contribution in [-0.2, 0) is 10.0 Å². The average Bonchev–Trinajstić information content (AvgIpc) is 3.42. The summed E-state index contributed by atoms with van der Waals surface area (Å²) < 4.78 is 27.6. The highest BCUT2D eigenvalue weighted by molar-refractivity contribution is 7.89. The highest BCUT2D eigenvalue weighted by Crippen LogP contribution is 2.27. The van der Waals surface area contributed by atoms with Gasteiger partial charge in [-0.15, -0.1) is 11.3 Å². The lowest BCUT2D eigenvalue weighted by Crippen LogP contribution is -2.36. The molecule has 29 heavy (non-hydrogen) atoms. The Hall–Kier alpha value is -2.49. The summed E-state index contributed by atoms with van der Waals surface area (Å²) in [6.45, 7) is 2.84. The molecule has 1 aliphatic rings. The number of H-pyrrole nitrogens is 1. The minimum absolute atomic E-state index is 0.235. The van der Waals surface area contributed by atoms with Crippen molar-refractivity contribution in [2.24, 2.45) is 0 Å². The third kappa shape index (κ3) is 4.12. The summed E-state index contributed by atoms with van der Waals surface area (Å²) in [6.07, 6.45) is 2.80. The van der Waals surface area contributed by atoms with Gasteiger partial charge in [0.2, 0.25) is 10.0 Å². The molecule has 2 aromatic heterocycles. The molecule has 3 heterocycles. The quantitative estimate of drug-likeness (QED) is 0.642. The van der Waals surface area contributed by atoms with Gasteiger partial charge in [-0.3, -0.25) is 9.89 Å². The zero-order chi connectivity index (χ0) is 20.4. The van der Waals surface area contributed by atoms with E-state index in [9.17, 15) is 13.2 Å². The summed E-state index contributed by atoms with van der Waals surface area (Å²) in [5, 5.41) is 11.6. The van der Waals surface area contributed by atoms with Crippen molar-refractivity contribution in [1.29, 1.82) is 0 Å². The number of sulfonamides is 1. The summed E-state index contributed by atoms with van der Waals surface area (Å²) >= 11 is 1.55. The molecule has 1 amide bonds. The molecule has 1 aromatic carbocycles. The average molecular weight is 431 g/mol. The van der Waals surface area contributed by atoms with Gasteiger partial charge in [0.15, 0.2) is 5.69 Å². The number of aryl methyl sites for hydroxylation is 1. The number of piperidine rings is 1. The fourth-order valence-corrected chi connectivity index (χ4v) is 5.85. The molecule has 0 unspecified atom stereocenters. The maximum atomic E-state index is 13.0. The molecule has 152 valence electrons. The number of carbonyl (C=O) groups excluding carboxylic acids is 1. The van der Waals surface area contributed by atoms with Gasteiger partial charge in [0.05, 0.1) is 15.5 Å². The van der Waals surface area contributed by atoms with Crippen LogP contribution >= 0.6 is 11.3 Å². The topological polar surface area (TPSA) is 95.2 Å². The lowest BCUT2D eigenvalue weighted by Gasteiger charge is -2.26. The number of benzene rings is 1. The van der Waals surface area contributed by atoms with E-state index in [1.165, 1.54) is 10.4 Å². The highest BCUT2D eigenvalue weighted by atomic mass is 32.2. The first-order chi connectivity index (χ1) is 13.9. The van der Waals surface area contributed by atoms with E-state index in [1.807, 2.05) is 17.5 Å². The molecule has 3 aromatic rings. The molecule has 0 radical (unpaired) electrons. The summed E-state index contributed by atoms with van der Waals surface area (Å²) in [6, 6.07) is 10.5. The fourth-order valence-electron chi connectivity index (χ4n) is 3.39. The third-order valence-electron chi connectivity index (χ3n) is 4.98. The van der Waals surface area contributed by atoms with Gasteiger partial charge in [-0.2, -0.15) is 9.40 Å². The molecule has 2 N–H and O–H groups in total. The molecule has 0 spiro atoms. The normalized spacial score (nSPS) is 15.3. The summed E-state index contributed by atoms with van der Waals surface area (Å²) in [5.74, 6) is -0.394. The number of nitrogens with zero attached hydrogens (tertiary/aromatic N) is 2. The number of aromatic amines is 1. The number of amides is 1. The van der Waals surface area contributed by atoms with Crippen LogP contribution in [0.25, 0.3) is 10.6 Å². The van der Waals surface area contributed by atoms with E-state index >= 15 is 0 Å². The molecule has 0 bridgehead atoms. The molecule has 9 heteroatoms. The number of hydrogen-bond acceptors (Lipinski definition) is 5. The first-order valence-corrected chi connectivity index (χ1v) is 11.8. The molecule has 7 nitrogen and oxygen atoms in total. The Labute approximate surface area is 173 Å². The van der Waals surface area contributed by atoms with Crippen molar-refractivity contribution in [2.45, 2.75) is 31.1 Å². The zero-order valence-electron chi connectivity index (χ0n) is 16.0. The minimum atomic E-state index is -3.58. The number of rotatable bonds is 5. The van der Waals surface area contributed by atoms with E-state index in [-0.39, 0.29) is 10.6 Å². The number of thiophene rings is 1. The van der Waals surface area contributed by atoms with Crippen LogP contribution in [0.3, 0.4) is 0 Å². The van der Waals surface area contributed by atoms with Gasteiger partial charge in [0, 0.05) is 18.8 Å². The predicted molar refractivity (Wildman–Crippen MR) is 114 cm³/mol. The molecule has 0 atom stereocenters. The molecule has 1 aliphatic heterocycles. The number of aromatic nitrogens is 2. The molecular weight excluding hydrogens is 408 g/mol. The molecular formula is C20H22N4O3S2. The van der Waals surface area contributed by atoms with E-state index in [0.717, 1.165) is 29.8 Å². The third-order valence-corrected chi connectivity index (χ3v) is 7.92. The largest absolute Gasteiger partial charge is 0.321 e. The Morgan fingerprint density at radius 3 is 2.69 bits per heavy atom. The van der Waals surface area contributed by atoms with Crippen molar-refractivity contribution in [1.82, 2.24) is 14.5 Å². The Balaban J connectivity index is 1.55. The van der Waals surface area contributed by atoms with Crippen molar-refractivity contribution >= 4 is 33.0 Å². The van der Waals surface area contributed by atoms with Crippen LogP contribution < -0.4 is 5.32 Å². The van der Waals surface area contributed by atoms with E-state index < -0.39 is 15.9 Å². The Morgan fingerprint density at radius 1 is 1.17 bits per heavy atom. The van der Waals surface area contributed by atoms with Gasteiger partial charge in [-0.1, -0.05) is 18.6 Å². The predicted octanol–water partition coefficient (Wildman–Crippen LogP) is 3.87. The summed E-state index contributed by atoms with van der Waals surface area (Å²) in [5.41, 5.74) is 2.10. The maximum absolute atomic E-state index is 13.0. The number of hydrogen-bond donors (Lipinski definition) is 2. The number of nitrogens with one attached hydrogen (secondary N) is 2. The Morgan fingerprint density at radius 2 is 1.97 bits per heavy atom. The minimum Gasteiger partial charge on any atom is -0.321 e. The molecule has 0 saturated carbocycles. The molecule has 4 rings (SSSR count). The van der Waals surface area contributed by atoms with Crippen LogP contribution in [0.15, 0.2) is 46.7 Å². The van der Waals surface area contributed by atoms with Crippen LogP contribution in [0.2, 0.25) is 0 Å².